The normalized spacial score (nSPS) is 21.3. The van der Waals surface area contributed by atoms with Crippen LogP contribution in [-0.4, -0.2) is 30.9 Å². The monoisotopic (exact) mass is 267 g/mol. The maximum atomic E-state index is 12.2. The van der Waals surface area contributed by atoms with Crippen LogP contribution in [0.5, 0.6) is 0 Å². The summed E-state index contributed by atoms with van der Waals surface area (Å²) in [7, 11) is 1.86. The van der Waals surface area contributed by atoms with Gasteiger partial charge in [-0.15, -0.1) is 0 Å². The summed E-state index contributed by atoms with van der Waals surface area (Å²) in [5, 5.41) is 12.3. The number of rotatable bonds is 1. The van der Waals surface area contributed by atoms with Crippen molar-refractivity contribution in [2.24, 2.45) is 0 Å². The summed E-state index contributed by atoms with van der Waals surface area (Å²) < 4.78 is 5.44. The summed E-state index contributed by atoms with van der Waals surface area (Å²) in [6, 6.07) is 9.38. The number of ketones is 1. The lowest BCUT2D eigenvalue weighted by Crippen LogP contribution is -2.13. The minimum Gasteiger partial charge on any atom is -0.476 e. The second-order valence-corrected chi connectivity index (χ2v) is 4.66. The van der Waals surface area contributed by atoms with E-state index in [-0.39, 0.29) is 5.78 Å². The predicted octanol–water partition coefficient (Wildman–Crippen LogP) is 1.88. The number of fused-ring (bicyclic) bond motifs is 1. The highest BCUT2D eigenvalue weighted by Gasteiger charge is 2.26. The number of Topliss-reactive ketones (excluding diaryl/α,β-unsaturated/α-hetero) is 1. The number of nitriles is 1. The maximum Gasteiger partial charge on any atom is 0.211 e. The maximum absolute atomic E-state index is 12.2. The molecular weight excluding hydrogens is 254 g/mol. The summed E-state index contributed by atoms with van der Waals surface area (Å²) in [5.41, 5.74) is 2.15. The first kappa shape index (κ1) is 12.3. The minimum absolute atomic E-state index is 0.102. The third-order valence-corrected chi connectivity index (χ3v) is 3.34. The fraction of sp³-hybridized carbons (Fsp3) is 0.200. The Morgan fingerprint density at radius 1 is 1.50 bits per heavy atom. The van der Waals surface area contributed by atoms with E-state index in [0.717, 1.165) is 12.2 Å². The van der Waals surface area contributed by atoms with Gasteiger partial charge in [0.2, 0.25) is 11.7 Å². The van der Waals surface area contributed by atoms with Crippen molar-refractivity contribution in [1.82, 2.24) is 4.90 Å². The molecule has 5 nitrogen and oxygen atoms in total. The standard InChI is InChI=1S/C15H13N3O2/c1-18-6-7-20-15(18)10(9-16)8-13-14(19)11-4-2-3-5-12(11)17-13/h2-5,8,17H,6-7H2,1H3/b13-8+,15-10+. The van der Waals surface area contributed by atoms with Gasteiger partial charge in [0.15, 0.2) is 0 Å². The second kappa shape index (κ2) is 4.74. The molecule has 1 aromatic rings. The van der Waals surface area contributed by atoms with Gasteiger partial charge >= 0.3 is 0 Å². The van der Waals surface area contributed by atoms with Gasteiger partial charge in [-0.3, -0.25) is 4.79 Å². The number of para-hydroxylation sites is 1. The molecule has 0 unspecified atom stereocenters. The quantitative estimate of drug-likeness (QED) is 0.621. The van der Waals surface area contributed by atoms with Gasteiger partial charge in [-0.1, -0.05) is 12.1 Å². The number of carbonyl (C=O) groups excluding carboxylic acids is 1. The van der Waals surface area contributed by atoms with Gasteiger partial charge in [-0.2, -0.15) is 5.26 Å². The van der Waals surface area contributed by atoms with Crippen LogP contribution >= 0.6 is 0 Å². The van der Waals surface area contributed by atoms with Crippen LogP contribution in [0.2, 0.25) is 0 Å². The lowest BCUT2D eigenvalue weighted by atomic mass is 10.1. The number of nitrogens with zero attached hydrogens (tertiary/aromatic N) is 2. The predicted molar refractivity (Wildman–Crippen MR) is 73.7 cm³/mol. The van der Waals surface area contributed by atoms with E-state index in [1.54, 1.807) is 12.1 Å². The number of allylic oxidation sites excluding steroid dienone is 3. The van der Waals surface area contributed by atoms with Gasteiger partial charge in [0, 0.05) is 18.3 Å². The molecular formula is C15H13N3O2. The van der Waals surface area contributed by atoms with Gasteiger partial charge in [-0.05, 0) is 18.2 Å². The van der Waals surface area contributed by atoms with E-state index in [9.17, 15) is 10.1 Å². The molecule has 0 aliphatic carbocycles. The highest BCUT2D eigenvalue weighted by molar-refractivity contribution is 6.18. The van der Waals surface area contributed by atoms with Crippen molar-refractivity contribution >= 4 is 11.5 Å². The summed E-state index contributed by atoms with van der Waals surface area (Å²) in [6.07, 6.45) is 1.56. The molecule has 0 amide bonds. The number of nitrogens with one attached hydrogen (secondary N) is 1. The molecule has 0 bridgehead atoms. The zero-order valence-electron chi connectivity index (χ0n) is 11.0. The van der Waals surface area contributed by atoms with Crippen LogP contribution in [0.25, 0.3) is 0 Å². The van der Waals surface area contributed by atoms with Crippen molar-refractivity contribution in [1.29, 1.82) is 5.26 Å². The largest absolute Gasteiger partial charge is 0.476 e. The van der Waals surface area contributed by atoms with Crippen molar-refractivity contribution in [3.8, 4) is 6.07 Å². The Morgan fingerprint density at radius 2 is 2.30 bits per heavy atom. The molecule has 2 aliphatic rings. The Bertz CT molecular complexity index is 683. The highest BCUT2D eigenvalue weighted by atomic mass is 16.5. The third kappa shape index (κ3) is 1.91. The number of ether oxygens (including phenoxy) is 1. The lowest BCUT2D eigenvalue weighted by Gasteiger charge is -2.10. The molecule has 5 heteroatoms. The molecule has 0 spiro atoms. The first-order valence-electron chi connectivity index (χ1n) is 6.31. The topological polar surface area (TPSA) is 65.4 Å². The molecule has 3 rings (SSSR count). The molecule has 1 aromatic carbocycles. The third-order valence-electron chi connectivity index (χ3n) is 3.34. The Kier molecular flexibility index (Phi) is 2.92. The van der Waals surface area contributed by atoms with Crippen molar-refractivity contribution in [3.05, 3.63) is 53.1 Å². The van der Waals surface area contributed by atoms with E-state index in [1.807, 2.05) is 30.1 Å². The highest BCUT2D eigenvalue weighted by Crippen LogP contribution is 2.28. The number of anilines is 1. The van der Waals surface area contributed by atoms with Gasteiger partial charge in [0.25, 0.3) is 0 Å². The van der Waals surface area contributed by atoms with E-state index in [1.165, 1.54) is 0 Å². The zero-order chi connectivity index (χ0) is 14.1. The van der Waals surface area contributed by atoms with Gasteiger partial charge in [0.1, 0.15) is 18.2 Å². The average Bonchev–Trinajstić information content (AvgIpc) is 3.01. The minimum atomic E-state index is -0.102. The molecule has 1 fully saturated rings. The molecule has 2 aliphatic heterocycles. The summed E-state index contributed by atoms with van der Waals surface area (Å²) >= 11 is 0. The summed E-state index contributed by atoms with van der Waals surface area (Å²) in [5.74, 6) is 0.417. The summed E-state index contributed by atoms with van der Waals surface area (Å²) in [4.78, 5) is 14.1. The molecule has 1 N–H and O–H groups in total. The fourth-order valence-corrected chi connectivity index (χ4v) is 2.30. The second-order valence-electron chi connectivity index (χ2n) is 4.66. The number of carbonyl (C=O) groups is 1. The first-order chi connectivity index (χ1) is 9.70. The Morgan fingerprint density at radius 3 is 2.95 bits per heavy atom. The van der Waals surface area contributed by atoms with E-state index in [2.05, 4.69) is 11.4 Å². The van der Waals surface area contributed by atoms with Crippen LogP contribution in [0.3, 0.4) is 0 Å². The van der Waals surface area contributed by atoms with E-state index < -0.39 is 0 Å². The Balaban J connectivity index is 1.99. The Hall–Kier alpha value is -2.74. The van der Waals surface area contributed by atoms with Gasteiger partial charge < -0.3 is 15.0 Å². The van der Waals surface area contributed by atoms with Crippen molar-refractivity contribution in [3.63, 3.8) is 0 Å². The lowest BCUT2D eigenvalue weighted by molar-refractivity contribution is 0.104. The van der Waals surface area contributed by atoms with Crippen LogP contribution in [-0.2, 0) is 4.74 Å². The smallest absolute Gasteiger partial charge is 0.211 e. The molecule has 0 saturated carbocycles. The number of benzene rings is 1. The molecule has 20 heavy (non-hydrogen) atoms. The van der Waals surface area contributed by atoms with Crippen LogP contribution in [0.1, 0.15) is 10.4 Å². The van der Waals surface area contributed by atoms with Crippen molar-refractivity contribution < 1.29 is 9.53 Å². The van der Waals surface area contributed by atoms with Crippen molar-refractivity contribution in [2.45, 2.75) is 0 Å². The van der Waals surface area contributed by atoms with E-state index in [4.69, 9.17) is 4.74 Å². The van der Waals surface area contributed by atoms with E-state index in [0.29, 0.717) is 29.3 Å². The molecule has 2 heterocycles. The molecule has 1 saturated heterocycles. The summed E-state index contributed by atoms with van der Waals surface area (Å²) in [6.45, 7) is 1.30. The van der Waals surface area contributed by atoms with Crippen LogP contribution < -0.4 is 5.32 Å². The molecule has 0 aromatic heterocycles. The number of hydrogen-bond donors (Lipinski definition) is 1. The Labute approximate surface area is 116 Å². The van der Waals surface area contributed by atoms with Crippen LogP contribution in [0.15, 0.2) is 47.5 Å². The molecule has 100 valence electrons. The van der Waals surface area contributed by atoms with E-state index >= 15 is 0 Å². The zero-order valence-corrected chi connectivity index (χ0v) is 11.0. The van der Waals surface area contributed by atoms with Crippen LogP contribution in [0.4, 0.5) is 5.69 Å². The molecule has 0 radical (unpaired) electrons. The van der Waals surface area contributed by atoms with Gasteiger partial charge in [0.05, 0.1) is 12.2 Å². The van der Waals surface area contributed by atoms with Crippen molar-refractivity contribution in [2.75, 3.05) is 25.5 Å². The van der Waals surface area contributed by atoms with Gasteiger partial charge in [-0.25, -0.2) is 0 Å². The average molecular weight is 267 g/mol. The fourth-order valence-electron chi connectivity index (χ4n) is 2.30. The number of likely N-dealkylation sites (N-methyl/N-ethyl adjacent to an activating group) is 1. The molecule has 0 atom stereocenters. The SMILES string of the molecule is CN1CCO/C1=C(C#N)\C=C1\Nc2ccccc2C1=O. The first-order valence-corrected chi connectivity index (χ1v) is 6.31. The van der Waals surface area contributed by atoms with Crippen LogP contribution in [0, 0.1) is 11.3 Å². The number of hydrogen-bond acceptors (Lipinski definition) is 5.